The van der Waals surface area contributed by atoms with Crippen LogP contribution in [0.1, 0.15) is 6.42 Å². The second-order valence-corrected chi connectivity index (χ2v) is 3.75. The van der Waals surface area contributed by atoms with Gasteiger partial charge in [0, 0.05) is 14.1 Å². The Morgan fingerprint density at radius 3 is 2.53 bits per heavy atom. The van der Waals surface area contributed by atoms with Gasteiger partial charge in [-0.3, -0.25) is 19.3 Å². The van der Waals surface area contributed by atoms with Gasteiger partial charge >= 0.3 is 12.0 Å². The summed E-state index contributed by atoms with van der Waals surface area (Å²) in [6, 6.07) is -1.61. The molecule has 0 bridgehead atoms. The van der Waals surface area contributed by atoms with Crippen LogP contribution in [-0.4, -0.2) is 65.4 Å². The van der Waals surface area contributed by atoms with Gasteiger partial charge in [-0.2, -0.15) is 0 Å². The molecule has 0 aromatic rings. The minimum absolute atomic E-state index is 0.0953. The Hall–Kier alpha value is -2.12. The molecule has 8 nitrogen and oxygen atoms in total. The smallest absolute Gasteiger partial charge is 0.323 e. The fraction of sp³-hybridized carbons (Fsp3) is 0.556. The number of hydrogen-bond acceptors (Lipinski definition) is 4. The number of carboxylic acid groups (broad SMARTS) is 1. The first-order chi connectivity index (χ1) is 7.82. The van der Waals surface area contributed by atoms with Crippen molar-refractivity contribution >= 4 is 23.8 Å². The number of carboxylic acids is 1. The van der Waals surface area contributed by atoms with Gasteiger partial charge in [0.1, 0.15) is 12.6 Å². The molecule has 0 saturated carbocycles. The minimum Gasteiger partial charge on any atom is -0.480 e. The summed E-state index contributed by atoms with van der Waals surface area (Å²) in [5.74, 6) is -2.03. The van der Waals surface area contributed by atoms with Crippen LogP contribution >= 0.6 is 0 Å². The van der Waals surface area contributed by atoms with Crippen molar-refractivity contribution < 1.29 is 24.3 Å². The predicted octanol–water partition coefficient (Wildman–Crippen LogP) is -1.53. The van der Waals surface area contributed by atoms with E-state index in [0.717, 1.165) is 9.80 Å². The molecular weight excluding hydrogens is 230 g/mol. The molecule has 1 fully saturated rings. The van der Waals surface area contributed by atoms with Crippen molar-refractivity contribution in [3.63, 3.8) is 0 Å². The van der Waals surface area contributed by atoms with Crippen LogP contribution in [-0.2, 0) is 14.4 Å². The Labute approximate surface area is 97.2 Å². The van der Waals surface area contributed by atoms with E-state index in [0.29, 0.717) is 0 Å². The third-order valence-corrected chi connectivity index (χ3v) is 2.40. The molecule has 4 amide bonds. The van der Waals surface area contributed by atoms with Crippen LogP contribution in [0.15, 0.2) is 0 Å². The number of rotatable bonds is 3. The fourth-order valence-corrected chi connectivity index (χ4v) is 1.40. The van der Waals surface area contributed by atoms with E-state index in [9.17, 15) is 19.2 Å². The lowest BCUT2D eigenvalue weighted by molar-refractivity contribution is -0.138. The van der Waals surface area contributed by atoms with Gasteiger partial charge in [0.2, 0.25) is 5.91 Å². The van der Waals surface area contributed by atoms with Crippen molar-refractivity contribution in [3.8, 4) is 0 Å². The Morgan fingerprint density at radius 1 is 1.53 bits per heavy atom. The standard InChI is InChI=1S/C9H13N3O5/c1-11(4-7(14)15)9(17)10-5-3-6(13)12(2)8(5)16/h5H,3-4H2,1-2H3,(H,10,17)(H,14,15). The molecule has 1 heterocycles. The van der Waals surface area contributed by atoms with Crippen molar-refractivity contribution in [1.82, 2.24) is 15.1 Å². The normalized spacial score (nSPS) is 19.4. The van der Waals surface area contributed by atoms with E-state index >= 15 is 0 Å². The average Bonchev–Trinajstić information content (AvgIpc) is 2.45. The topological polar surface area (TPSA) is 107 Å². The quantitative estimate of drug-likeness (QED) is 0.585. The first-order valence-electron chi connectivity index (χ1n) is 4.86. The van der Waals surface area contributed by atoms with Crippen LogP contribution in [0.25, 0.3) is 0 Å². The molecule has 0 spiro atoms. The van der Waals surface area contributed by atoms with E-state index in [2.05, 4.69) is 5.32 Å². The number of aliphatic carboxylic acids is 1. The number of hydrogen-bond donors (Lipinski definition) is 2. The number of carbonyl (C=O) groups excluding carboxylic acids is 3. The monoisotopic (exact) mass is 243 g/mol. The van der Waals surface area contributed by atoms with E-state index in [4.69, 9.17) is 5.11 Å². The molecule has 1 unspecified atom stereocenters. The number of likely N-dealkylation sites (N-methyl/N-ethyl adjacent to an activating group) is 2. The second kappa shape index (κ2) is 4.81. The molecule has 0 radical (unpaired) electrons. The molecule has 0 aliphatic carbocycles. The lowest BCUT2D eigenvalue weighted by atomic mass is 10.2. The molecule has 1 rings (SSSR count). The first-order valence-corrected chi connectivity index (χ1v) is 4.86. The van der Waals surface area contributed by atoms with Gasteiger partial charge in [-0.1, -0.05) is 0 Å². The minimum atomic E-state index is -1.16. The SMILES string of the molecule is CN(CC(=O)O)C(=O)NC1CC(=O)N(C)C1=O. The summed E-state index contributed by atoms with van der Waals surface area (Å²) in [6.07, 6.45) is -0.0953. The number of nitrogens with zero attached hydrogens (tertiary/aromatic N) is 2. The molecular formula is C9H13N3O5. The van der Waals surface area contributed by atoms with Gasteiger partial charge < -0.3 is 15.3 Å². The highest BCUT2D eigenvalue weighted by Crippen LogP contribution is 2.10. The second-order valence-electron chi connectivity index (χ2n) is 3.75. The van der Waals surface area contributed by atoms with E-state index < -0.39 is 30.5 Å². The van der Waals surface area contributed by atoms with Gasteiger partial charge in [0.25, 0.3) is 5.91 Å². The Bertz CT molecular complexity index is 381. The first kappa shape index (κ1) is 12.9. The lowest BCUT2D eigenvalue weighted by Gasteiger charge is -2.18. The predicted molar refractivity (Wildman–Crippen MR) is 55.0 cm³/mol. The zero-order valence-electron chi connectivity index (χ0n) is 9.47. The third-order valence-electron chi connectivity index (χ3n) is 2.40. The summed E-state index contributed by atoms with van der Waals surface area (Å²) >= 11 is 0. The number of likely N-dealkylation sites (tertiary alicyclic amines) is 1. The maximum absolute atomic E-state index is 11.5. The number of carbonyl (C=O) groups is 4. The summed E-state index contributed by atoms with van der Waals surface area (Å²) in [4.78, 5) is 46.3. The zero-order valence-corrected chi connectivity index (χ0v) is 9.47. The van der Waals surface area contributed by atoms with Crippen molar-refractivity contribution in [2.45, 2.75) is 12.5 Å². The molecule has 1 aliphatic rings. The van der Waals surface area contributed by atoms with E-state index in [1.807, 2.05) is 0 Å². The van der Waals surface area contributed by atoms with Crippen LogP contribution in [0.4, 0.5) is 4.79 Å². The molecule has 0 aromatic carbocycles. The van der Waals surface area contributed by atoms with Crippen LogP contribution < -0.4 is 5.32 Å². The average molecular weight is 243 g/mol. The maximum Gasteiger partial charge on any atom is 0.323 e. The van der Waals surface area contributed by atoms with E-state index in [1.165, 1.54) is 14.1 Å². The van der Waals surface area contributed by atoms with Gasteiger partial charge in [-0.25, -0.2) is 4.79 Å². The zero-order chi connectivity index (χ0) is 13.2. The van der Waals surface area contributed by atoms with Crippen LogP contribution in [0.2, 0.25) is 0 Å². The fourth-order valence-electron chi connectivity index (χ4n) is 1.40. The van der Waals surface area contributed by atoms with Crippen molar-refractivity contribution in [2.24, 2.45) is 0 Å². The largest absolute Gasteiger partial charge is 0.480 e. The molecule has 1 aliphatic heterocycles. The Balaban J connectivity index is 2.55. The van der Waals surface area contributed by atoms with E-state index in [-0.39, 0.29) is 12.3 Å². The number of imide groups is 1. The maximum atomic E-state index is 11.5. The Kier molecular flexibility index (Phi) is 3.66. The van der Waals surface area contributed by atoms with Crippen molar-refractivity contribution in [1.29, 1.82) is 0 Å². The lowest BCUT2D eigenvalue weighted by Crippen LogP contribution is -2.47. The van der Waals surface area contributed by atoms with Crippen LogP contribution in [0.3, 0.4) is 0 Å². The highest BCUT2D eigenvalue weighted by atomic mass is 16.4. The number of urea groups is 1. The van der Waals surface area contributed by atoms with Crippen molar-refractivity contribution in [2.75, 3.05) is 20.6 Å². The molecule has 94 valence electrons. The molecule has 0 aromatic heterocycles. The molecule has 1 atom stereocenters. The Morgan fingerprint density at radius 2 is 2.12 bits per heavy atom. The third kappa shape index (κ3) is 2.92. The summed E-state index contributed by atoms with van der Waals surface area (Å²) in [6.45, 7) is -0.476. The molecule has 1 saturated heterocycles. The molecule has 8 heteroatoms. The molecule has 17 heavy (non-hydrogen) atoms. The van der Waals surface area contributed by atoms with Gasteiger partial charge in [0.15, 0.2) is 0 Å². The summed E-state index contributed by atoms with van der Waals surface area (Å²) in [5, 5.41) is 10.8. The van der Waals surface area contributed by atoms with Gasteiger partial charge in [-0.05, 0) is 0 Å². The summed E-state index contributed by atoms with van der Waals surface area (Å²) < 4.78 is 0. The van der Waals surface area contributed by atoms with Gasteiger partial charge in [-0.15, -0.1) is 0 Å². The summed E-state index contributed by atoms with van der Waals surface area (Å²) in [7, 11) is 2.62. The number of amides is 4. The van der Waals surface area contributed by atoms with Gasteiger partial charge in [0.05, 0.1) is 6.42 Å². The highest BCUT2D eigenvalue weighted by molar-refractivity contribution is 6.06. The molecule has 2 N–H and O–H groups in total. The number of nitrogens with one attached hydrogen (secondary N) is 1. The van der Waals surface area contributed by atoms with E-state index in [1.54, 1.807) is 0 Å². The highest BCUT2D eigenvalue weighted by Gasteiger charge is 2.37. The van der Waals surface area contributed by atoms with Crippen molar-refractivity contribution in [3.05, 3.63) is 0 Å². The van der Waals surface area contributed by atoms with Crippen LogP contribution in [0, 0.1) is 0 Å². The van der Waals surface area contributed by atoms with Crippen LogP contribution in [0.5, 0.6) is 0 Å². The summed E-state index contributed by atoms with van der Waals surface area (Å²) in [5.41, 5.74) is 0.